The Morgan fingerprint density at radius 2 is 1.63 bits per heavy atom. The molecule has 1 aliphatic rings. The Morgan fingerprint density at radius 3 is 2.27 bits per heavy atom. The van der Waals surface area contributed by atoms with Crippen LogP contribution in [0.15, 0.2) is 46.7 Å². The smallest absolute Gasteiger partial charge is 0.269 e. The molecule has 0 bridgehead atoms. The molecule has 1 saturated heterocycles. The lowest BCUT2D eigenvalue weighted by molar-refractivity contribution is -0.120. The number of carbonyl (C=O) groups excluding carboxylic acids is 3. The molecule has 0 atom stereocenters. The summed E-state index contributed by atoms with van der Waals surface area (Å²) in [6, 6.07) is 8.88. The zero-order valence-electron chi connectivity index (χ0n) is 16.1. The Hall–Kier alpha value is -2.76. The van der Waals surface area contributed by atoms with E-state index in [0.29, 0.717) is 18.0 Å². The number of rotatable bonds is 6. The van der Waals surface area contributed by atoms with Crippen LogP contribution >= 0.6 is 11.3 Å². The number of hydrogen-bond acceptors (Lipinski definition) is 6. The van der Waals surface area contributed by atoms with E-state index in [0.717, 1.165) is 19.3 Å². The Kier molecular flexibility index (Phi) is 7.19. The van der Waals surface area contributed by atoms with Crippen molar-refractivity contribution in [3.63, 3.8) is 0 Å². The van der Waals surface area contributed by atoms with E-state index in [1.165, 1.54) is 39.9 Å². The lowest BCUT2D eigenvalue weighted by atomic mass is 10.2. The van der Waals surface area contributed by atoms with Crippen LogP contribution in [0, 0.1) is 0 Å². The van der Waals surface area contributed by atoms with Crippen LogP contribution in [-0.2, 0) is 14.8 Å². The normalized spacial score (nSPS) is 14.7. The number of sulfonamides is 1. The van der Waals surface area contributed by atoms with Gasteiger partial charge in [-0.1, -0.05) is 12.5 Å². The van der Waals surface area contributed by atoms with Gasteiger partial charge < -0.3 is 5.32 Å². The van der Waals surface area contributed by atoms with E-state index in [9.17, 15) is 22.8 Å². The van der Waals surface area contributed by atoms with Crippen LogP contribution in [0.2, 0.25) is 0 Å². The molecular weight excluding hydrogens is 428 g/mol. The van der Waals surface area contributed by atoms with Crippen molar-refractivity contribution in [2.24, 2.45) is 0 Å². The SMILES string of the molecule is O=C(CNC(=O)c1cccs1)NNC(=O)c1ccc(S(=O)(=O)N2CCCCC2)cc1. The molecule has 3 rings (SSSR count). The number of thiophene rings is 1. The third-order valence-electron chi connectivity index (χ3n) is 4.54. The molecule has 9 nitrogen and oxygen atoms in total. The fraction of sp³-hybridized carbons (Fsp3) is 0.316. The van der Waals surface area contributed by atoms with Crippen molar-refractivity contribution in [3.05, 3.63) is 52.2 Å². The summed E-state index contributed by atoms with van der Waals surface area (Å²) in [4.78, 5) is 36.3. The summed E-state index contributed by atoms with van der Waals surface area (Å²) in [6.07, 6.45) is 2.70. The number of nitrogens with zero attached hydrogens (tertiary/aromatic N) is 1. The number of amides is 3. The molecule has 1 fully saturated rings. The molecular formula is C19H22N4O5S2. The summed E-state index contributed by atoms with van der Waals surface area (Å²) in [5.41, 5.74) is 4.62. The number of benzene rings is 1. The van der Waals surface area contributed by atoms with Crippen molar-refractivity contribution < 1.29 is 22.8 Å². The third-order valence-corrected chi connectivity index (χ3v) is 7.32. The molecule has 2 heterocycles. The van der Waals surface area contributed by atoms with Crippen molar-refractivity contribution in [3.8, 4) is 0 Å². The minimum absolute atomic E-state index is 0.126. The average Bonchev–Trinajstić information content (AvgIpc) is 3.31. The highest BCUT2D eigenvalue weighted by molar-refractivity contribution is 7.89. The third kappa shape index (κ3) is 5.43. The Morgan fingerprint density at radius 1 is 0.933 bits per heavy atom. The lowest BCUT2D eigenvalue weighted by Gasteiger charge is -2.25. The molecule has 0 aliphatic carbocycles. The Balaban J connectivity index is 1.49. The van der Waals surface area contributed by atoms with Gasteiger partial charge in [0, 0.05) is 18.7 Å². The van der Waals surface area contributed by atoms with Crippen molar-refractivity contribution in [2.75, 3.05) is 19.6 Å². The van der Waals surface area contributed by atoms with Crippen LogP contribution in [0.25, 0.3) is 0 Å². The first-order valence-electron chi connectivity index (χ1n) is 9.39. The molecule has 160 valence electrons. The summed E-state index contributed by atoms with van der Waals surface area (Å²) in [7, 11) is -3.57. The van der Waals surface area contributed by atoms with Gasteiger partial charge in [0.25, 0.3) is 17.7 Å². The monoisotopic (exact) mass is 450 g/mol. The van der Waals surface area contributed by atoms with Crippen molar-refractivity contribution in [1.29, 1.82) is 0 Å². The average molecular weight is 451 g/mol. The summed E-state index contributed by atoms with van der Waals surface area (Å²) in [5.74, 6) is -1.58. The second kappa shape index (κ2) is 9.83. The van der Waals surface area contributed by atoms with Crippen LogP contribution < -0.4 is 16.2 Å². The standard InChI is InChI=1S/C19H22N4O5S2/c24-17(13-20-19(26)16-5-4-12-29-16)21-22-18(25)14-6-8-15(9-7-14)30(27,28)23-10-2-1-3-11-23/h4-9,12H,1-3,10-11,13H2,(H,20,26)(H,21,24)(H,22,25). The van der Waals surface area contributed by atoms with E-state index in [1.807, 2.05) is 0 Å². The van der Waals surface area contributed by atoms with Gasteiger partial charge in [-0.15, -0.1) is 11.3 Å². The number of hydrogen-bond donors (Lipinski definition) is 3. The molecule has 0 saturated carbocycles. The highest BCUT2D eigenvalue weighted by Crippen LogP contribution is 2.20. The number of hydrazine groups is 1. The predicted octanol–water partition coefficient (Wildman–Crippen LogP) is 1.11. The van der Waals surface area contributed by atoms with Crippen LogP contribution in [0.4, 0.5) is 0 Å². The molecule has 1 aromatic heterocycles. The number of piperidine rings is 1. The molecule has 0 unspecified atom stereocenters. The zero-order valence-corrected chi connectivity index (χ0v) is 17.7. The minimum Gasteiger partial charge on any atom is -0.342 e. The van der Waals surface area contributed by atoms with Gasteiger partial charge >= 0.3 is 0 Å². The minimum atomic E-state index is -3.57. The van der Waals surface area contributed by atoms with E-state index in [-0.39, 0.29) is 22.9 Å². The van der Waals surface area contributed by atoms with Crippen LogP contribution in [0.1, 0.15) is 39.3 Å². The summed E-state index contributed by atoms with van der Waals surface area (Å²) in [6.45, 7) is 0.698. The predicted molar refractivity (Wildman–Crippen MR) is 111 cm³/mol. The van der Waals surface area contributed by atoms with E-state index in [2.05, 4.69) is 16.2 Å². The maximum Gasteiger partial charge on any atom is 0.269 e. The van der Waals surface area contributed by atoms with E-state index in [4.69, 9.17) is 0 Å². The van der Waals surface area contributed by atoms with Gasteiger partial charge in [0.15, 0.2) is 0 Å². The quantitative estimate of drug-likeness (QED) is 0.569. The summed E-state index contributed by atoms with van der Waals surface area (Å²) >= 11 is 1.25. The maximum atomic E-state index is 12.6. The molecule has 1 aliphatic heterocycles. The van der Waals surface area contributed by atoms with Crippen LogP contribution in [0.5, 0.6) is 0 Å². The first kappa shape index (κ1) is 21.9. The molecule has 2 aromatic rings. The molecule has 0 spiro atoms. The lowest BCUT2D eigenvalue weighted by Crippen LogP contribution is -2.46. The van der Waals surface area contributed by atoms with Gasteiger partial charge in [0.2, 0.25) is 10.0 Å². The van der Waals surface area contributed by atoms with E-state index >= 15 is 0 Å². The van der Waals surface area contributed by atoms with E-state index < -0.39 is 21.8 Å². The second-order valence-corrected chi connectivity index (χ2v) is 9.54. The number of nitrogens with one attached hydrogen (secondary N) is 3. The second-order valence-electron chi connectivity index (χ2n) is 6.65. The highest BCUT2D eigenvalue weighted by atomic mass is 32.2. The summed E-state index contributed by atoms with van der Waals surface area (Å²) in [5, 5.41) is 4.19. The van der Waals surface area contributed by atoms with Gasteiger partial charge in [0.05, 0.1) is 16.3 Å². The fourth-order valence-corrected chi connectivity index (χ4v) is 5.09. The fourth-order valence-electron chi connectivity index (χ4n) is 2.93. The molecule has 30 heavy (non-hydrogen) atoms. The molecule has 3 N–H and O–H groups in total. The maximum absolute atomic E-state index is 12.6. The van der Waals surface area contributed by atoms with Gasteiger partial charge in [-0.3, -0.25) is 25.2 Å². The largest absolute Gasteiger partial charge is 0.342 e. The zero-order chi connectivity index (χ0) is 21.6. The van der Waals surface area contributed by atoms with Gasteiger partial charge in [0.1, 0.15) is 0 Å². The first-order valence-corrected chi connectivity index (χ1v) is 11.7. The van der Waals surface area contributed by atoms with Crippen molar-refractivity contribution in [1.82, 2.24) is 20.5 Å². The van der Waals surface area contributed by atoms with Crippen LogP contribution in [0.3, 0.4) is 0 Å². The topological polar surface area (TPSA) is 125 Å². The van der Waals surface area contributed by atoms with Crippen molar-refractivity contribution >= 4 is 39.1 Å². The van der Waals surface area contributed by atoms with Crippen LogP contribution in [-0.4, -0.2) is 50.1 Å². The molecule has 11 heteroatoms. The van der Waals surface area contributed by atoms with Gasteiger partial charge in [-0.2, -0.15) is 4.31 Å². The number of carbonyl (C=O) groups is 3. The highest BCUT2D eigenvalue weighted by Gasteiger charge is 2.26. The first-order chi connectivity index (χ1) is 14.4. The molecule has 1 aromatic carbocycles. The van der Waals surface area contributed by atoms with Gasteiger partial charge in [-0.25, -0.2) is 8.42 Å². The molecule has 3 amide bonds. The van der Waals surface area contributed by atoms with E-state index in [1.54, 1.807) is 17.5 Å². The van der Waals surface area contributed by atoms with Crippen molar-refractivity contribution in [2.45, 2.75) is 24.2 Å². The molecule has 0 radical (unpaired) electrons. The Labute approximate surface area is 178 Å². The summed E-state index contributed by atoms with van der Waals surface area (Å²) < 4.78 is 26.7. The Bertz CT molecular complexity index is 998. The van der Waals surface area contributed by atoms with Gasteiger partial charge in [-0.05, 0) is 48.6 Å².